The number of fused-ring (bicyclic) bond motifs is 1. The maximum Gasteiger partial charge on any atom is 0.223 e. The Bertz CT molecular complexity index is 365. The molecule has 0 aliphatic carbocycles. The van der Waals surface area contributed by atoms with Gasteiger partial charge in [-0.25, -0.2) is 0 Å². The smallest absolute Gasteiger partial charge is 0.223 e. The van der Waals surface area contributed by atoms with Gasteiger partial charge in [-0.15, -0.1) is 12.4 Å². The molecular weight excluding hydrogens is 200 g/mol. The lowest BCUT2D eigenvalue weighted by atomic mass is 10.1. The third kappa shape index (κ3) is 1.68. The highest BCUT2D eigenvalue weighted by Gasteiger charge is 2.21. The molecule has 0 radical (unpaired) electrons. The van der Waals surface area contributed by atoms with Gasteiger partial charge in [-0.05, 0) is 30.2 Å². The number of amides is 1. The first kappa shape index (κ1) is 10.9. The number of carbonyl (C=O) groups excluding carboxylic acids is 1. The van der Waals surface area contributed by atoms with Crippen LogP contribution in [-0.4, -0.2) is 12.5 Å². The molecule has 0 atom stereocenters. The van der Waals surface area contributed by atoms with Crippen molar-refractivity contribution in [3.8, 4) is 0 Å². The van der Waals surface area contributed by atoms with Crippen LogP contribution in [0.5, 0.6) is 0 Å². The second-order valence-electron chi connectivity index (χ2n) is 3.31. The van der Waals surface area contributed by atoms with E-state index in [-0.39, 0.29) is 18.3 Å². The van der Waals surface area contributed by atoms with Gasteiger partial charge in [0.25, 0.3) is 0 Å². The number of hydrogen-bond donors (Lipinski definition) is 1. The Hall–Kier alpha value is -1.22. The molecular formula is C10H13ClN2O. The van der Waals surface area contributed by atoms with E-state index in [0.29, 0.717) is 0 Å². The summed E-state index contributed by atoms with van der Waals surface area (Å²) in [6, 6.07) is 5.69. The summed E-state index contributed by atoms with van der Waals surface area (Å²) in [5, 5.41) is 0. The highest BCUT2D eigenvalue weighted by Crippen LogP contribution is 2.29. The Balaban J connectivity index is 0.000000980. The molecule has 0 unspecified atom stereocenters. The standard InChI is InChI=1S/C10H12N2O.ClH/c1-7(13)12-5-4-8-6-9(11)2-3-10(8)12;/h2-3,6H,4-5,11H2,1H3;1H. The normalized spacial score (nSPS) is 13.4. The predicted molar refractivity (Wildman–Crippen MR) is 59.8 cm³/mol. The number of nitrogens with zero attached hydrogens (tertiary/aromatic N) is 1. The van der Waals surface area contributed by atoms with Crippen molar-refractivity contribution in [2.45, 2.75) is 13.3 Å². The van der Waals surface area contributed by atoms with Crippen LogP contribution in [0.15, 0.2) is 18.2 Å². The minimum absolute atomic E-state index is 0. The van der Waals surface area contributed by atoms with Gasteiger partial charge in [-0.3, -0.25) is 4.79 Å². The number of hydrogen-bond acceptors (Lipinski definition) is 2. The summed E-state index contributed by atoms with van der Waals surface area (Å²) in [6.45, 7) is 2.37. The van der Waals surface area contributed by atoms with E-state index in [1.165, 1.54) is 5.56 Å². The number of nitrogen functional groups attached to an aromatic ring is 1. The van der Waals surface area contributed by atoms with E-state index >= 15 is 0 Å². The minimum atomic E-state index is 0. The molecule has 0 spiro atoms. The first-order chi connectivity index (χ1) is 6.18. The summed E-state index contributed by atoms with van der Waals surface area (Å²) < 4.78 is 0. The molecule has 1 aliphatic heterocycles. The maximum absolute atomic E-state index is 11.2. The van der Waals surface area contributed by atoms with Crippen LogP contribution < -0.4 is 10.6 Å². The molecule has 14 heavy (non-hydrogen) atoms. The summed E-state index contributed by atoms with van der Waals surface area (Å²) >= 11 is 0. The number of carbonyl (C=O) groups is 1. The third-order valence-electron chi connectivity index (χ3n) is 2.38. The van der Waals surface area contributed by atoms with E-state index in [2.05, 4.69) is 0 Å². The van der Waals surface area contributed by atoms with Crippen LogP contribution in [0.4, 0.5) is 11.4 Å². The van der Waals surface area contributed by atoms with Gasteiger partial charge < -0.3 is 10.6 Å². The van der Waals surface area contributed by atoms with Gasteiger partial charge in [-0.2, -0.15) is 0 Å². The fourth-order valence-corrected chi connectivity index (χ4v) is 1.75. The topological polar surface area (TPSA) is 46.3 Å². The zero-order chi connectivity index (χ0) is 9.42. The van der Waals surface area contributed by atoms with Gasteiger partial charge >= 0.3 is 0 Å². The van der Waals surface area contributed by atoms with E-state index in [9.17, 15) is 4.79 Å². The number of rotatable bonds is 0. The monoisotopic (exact) mass is 212 g/mol. The van der Waals surface area contributed by atoms with E-state index in [4.69, 9.17) is 5.73 Å². The molecule has 3 nitrogen and oxygen atoms in total. The van der Waals surface area contributed by atoms with Gasteiger partial charge in [-0.1, -0.05) is 0 Å². The minimum Gasteiger partial charge on any atom is -0.399 e. The molecule has 1 amide bonds. The summed E-state index contributed by atoms with van der Waals surface area (Å²) in [7, 11) is 0. The number of anilines is 2. The van der Waals surface area contributed by atoms with Crippen LogP contribution in [0.25, 0.3) is 0 Å². The van der Waals surface area contributed by atoms with Crippen molar-refractivity contribution in [3.05, 3.63) is 23.8 Å². The second-order valence-corrected chi connectivity index (χ2v) is 3.31. The second kappa shape index (κ2) is 3.88. The molecule has 2 N–H and O–H groups in total. The molecule has 1 aromatic carbocycles. The van der Waals surface area contributed by atoms with Gasteiger partial charge in [0.2, 0.25) is 5.91 Å². The van der Waals surface area contributed by atoms with Gasteiger partial charge in [0.1, 0.15) is 0 Å². The zero-order valence-corrected chi connectivity index (χ0v) is 8.80. The molecule has 0 bridgehead atoms. The van der Waals surface area contributed by atoms with E-state index < -0.39 is 0 Å². The molecule has 1 aliphatic rings. The Morgan fingerprint density at radius 2 is 2.21 bits per heavy atom. The number of nitrogens with two attached hydrogens (primary N) is 1. The highest BCUT2D eigenvalue weighted by molar-refractivity contribution is 5.94. The summed E-state index contributed by atoms with van der Waals surface area (Å²) in [6.07, 6.45) is 0.917. The van der Waals surface area contributed by atoms with Crippen molar-refractivity contribution in [1.82, 2.24) is 0 Å². The average molecular weight is 213 g/mol. The van der Waals surface area contributed by atoms with Crippen LogP contribution in [0.3, 0.4) is 0 Å². The number of benzene rings is 1. The fourth-order valence-electron chi connectivity index (χ4n) is 1.75. The van der Waals surface area contributed by atoms with Crippen molar-refractivity contribution < 1.29 is 4.79 Å². The molecule has 0 fully saturated rings. The van der Waals surface area contributed by atoms with Gasteiger partial charge in [0.05, 0.1) is 0 Å². The molecule has 1 heterocycles. The fraction of sp³-hybridized carbons (Fsp3) is 0.300. The van der Waals surface area contributed by atoms with Crippen molar-refractivity contribution in [1.29, 1.82) is 0 Å². The van der Waals surface area contributed by atoms with Crippen LogP contribution in [0.2, 0.25) is 0 Å². The molecule has 1 aromatic rings. The van der Waals surface area contributed by atoms with Gasteiger partial charge in [0.15, 0.2) is 0 Å². The zero-order valence-electron chi connectivity index (χ0n) is 7.99. The summed E-state index contributed by atoms with van der Waals surface area (Å²) in [4.78, 5) is 13.0. The molecule has 0 aromatic heterocycles. The average Bonchev–Trinajstić information content (AvgIpc) is 2.46. The van der Waals surface area contributed by atoms with E-state index in [0.717, 1.165) is 24.3 Å². The highest BCUT2D eigenvalue weighted by atomic mass is 35.5. The summed E-state index contributed by atoms with van der Waals surface area (Å²) in [5.41, 5.74) is 8.61. The molecule has 0 saturated heterocycles. The lowest BCUT2D eigenvalue weighted by Crippen LogP contribution is -2.25. The Morgan fingerprint density at radius 1 is 1.50 bits per heavy atom. The van der Waals surface area contributed by atoms with Crippen molar-refractivity contribution in [3.63, 3.8) is 0 Å². The Kier molecular flexibility index (Phi) is 3.01. The molecule has 4 heteroatoms. The first-order valence-electron chi connectivity index (χ1n) is 4.35. The molecule has 0 saturated carbocycles. The van der Waals surface area contributed by atoms with Crippen LogP contribution >= 0.6 is 12.4 Å². The van der Waals surface area contributed by atoms with Crippen LogP contribution in [0.1, 0.15) is 12.5 Å². The van der Waals surface area contributed by atoms with Crippen molar-refractivity contribution in [2.24, 2.45) is 0 Å². The third-order valence-corrected chi connectivity index (χ3v) is 2.38. The Morgan fingerprint density at radius 3 is 2.86 bits per heavy atom. The Labute approximate surface area is 89.3 Å². The van der Waals surface area contributed by atoms with Crippen molar-refractivity contribution in [2.75, 3.05) is 17.2 Å². The van der Waals surface area contributed by atoms with Gasteiger partial charge in [0, 0.05) is 24.8 Å². The largest absolute Gasteiger partial charge is 0.399 e. The van der Waals surface area contributed by atoms with E-state index in [1.54, 1.807) is 11.8 Å². The van der Waals surface area contributed by atoms with Crippen LogP contribution in [0, 0.1) is 0 Å². The quantitative estimate of drug-likeness (QED) is 0.664. The number of halogens is 1. The first-order valence-corrected chi connectivity index (χ1v) is 4.35. The summed E-state index contributed by atoms with van der Waals surface area (Å²) in [5.74, 6) is 0.100. The maximum atomic E-state index is 11.2. The lowest BCUT2D eigenvalue weighted by Gasteiger charge is -2.14. The lowest BCUT2D eigenvalue weighted by molar-refractivity contribution is -0.116. The van der Waals surface area contributed by atoms with Crippen molar-refractivity contribution >= 4 is 29.7 Å². The molecule has 2 rings (SSSR count). The SMILES string of the molecule is CC(=O)N1CCc2cc(N)ccc21.Cl. The molecule has 76 valence electrons. The van der Waals surface area contributed by atoms with E-state index in [1.807, 2.05) is 18.2 Å². The van der Waals surface area contributed by atoms with Crippen LogP contribution in [-0.2, 0) is 11.2 Å². The predicted octanol–water partition coefficient (Wildman–Crippen LogP) is 1.60.